The van der Waals surface area contributed by atoms with E-state index in [1.165, 1.54) is 24.3 Å². The van der Waals surface area contributed by atoms with Crippen molar-refractivity contribution in [3.8, 4) is 6.01 Å². The molecule has 0 unspecified atom stereocenters. The number of aryl methyl sites for hydroxylation is 2. The van der Waals surface area contributed by atoms with Crippen molar-refractivity contribution < 1.29 is 13.9 Å². The fraction of sp³-hybridized carbons (Fsp3) is 0.389. The molecule has 0 saturated carbocycles. The number of nitrogens with one attached hydrogen (secondary N) is 1. The Bertz CT molecular complexity index is 731. The highest BCUT2D eigenvalue weighted by Crippen LogP contribution is 2.18. The molecule has 2 amide bonds. The zero-order valence-corrected chi connectivity index (χ0v) is 14.3. The molecule has 2 aromatic rings. The van der Waals surface area contributed by atoms with Crippen molar-refractivity contribution in [1.82, 2.24) is 14.9 Å². The van der Waals surface area contributed by atoms with Crippen LogP contribution in [0.3, 0.4) is 0 Å². The molecule has 3 rings (SSSR count). The Balaban J connectivity index is 1.60. The van der Waals surface area contributed by atoms with E-state index in [2.05, 4.69) is 15.3 Å². The molecule has 1 N–H and O–H groups in total. The van der Waals surface area contributed by atoms with E-state index in [0.717, 1.165) is 24.2 Å². The molecule has 1 saturated heterocycles. The van der Waals surface area contributed by atoms with E-state index in [1.807, 2.05) is 19.9 Å². The maximum Gasteiger partial charge on any atom is 0.321 e. The zero-order chi connectivity index (χ0) is 17.8. The lowest BCUT2D eigenvalue weighted by molar-refractivity contribution is 0.0980. The predicted octanol–water partition coefficient (Wildman–Crippen LogP) is 3.31. The van der Waals surface area contributed by atoms with Gasteiger partial charge in [0.05, 0.1) is 6.54 Å². The first-order chi connectivity index (χ1) is 12.0. The Morgan fingerprint density at radius 2 is 1.92 bits per heavy atom. The predicted molar refractivity (Wildman–Crippen MR) is 92.1 cm³/mol. The Morgan fingerprint density at radius 1 is 1.24 bits per heavy atom. The van der Waals surface area contributed by atoms with Gasteiger partial charge in [0.1, 0.15) is 11.9 Å². The molecular formula is C18H21FN4O2. The Morgan fingerprint density at radius 3 is 2.60 bits per heavy atom. The van der Waals surface area contributed by atoms with Gasteiger partial charge >= 0.3 is 12.0 Å². The third kappa shape index (κ3) is 4.65. The number of likely N-dealkylation sites (tertiary alicyclic amines) is 1. The lowest BCUT2D eigenvalue weighted by Crippen LogP contribution is -2.46. The van der Waals surface area contributed by atoms with Gasteiger partial charge in [0.25, 0.3) is 0 Å². The highest BCUT2D eigenvalue weighted by molar-refractivity contribution is 5.89. The van der Waals surface area contributed by atoms with Gasteiger partial charge in [-0.3, -0.25) is 0 Å². The van der Waals surface area contributed by atoms with E-state index >= 15 is 0 Å². The molecule has 1 fully saturated rings. The van der Waals surface area contributed by atoms with Crippen LogP contribution in [0.5, 0.6) is 6.01 Å². The van der Waals surface area contributed by atoms with E-state index in [9.17, 15) is 9.18 Å². The molecule has 1 atom stereocenters. The number of hydrogen-bond donors (Lipinski definition) is 1. The molecule has 0 spiro atoms. The van der Waals surface area contributed by atoms with Crippen LogP contribution in [0.2, 0.25) is 0 Å². The van der Waals surface area contributed by atoms with Crippen LogP contribution in [-0.4, -0.2) is 40.1 Å². The number of rotatable bonds is 3. The first kappa shape index (κ1) is 17.1. The van der Waals surface area contributed by atoms with E-state index in [-0.39, 0.29) is 18.0 Å². The second-order valence-corrected chi connectivity index (χ2v) is 6.20. The lowest BCUT2D eigenvalue weighted by Gasteiger charge is -2.32. The maximum atomic E-state index is 12.9. The summed E-state index contributed by atoms with van der Waals surface area (Å²) < 4.78 is 18.8. The quantitative estimate of drug-likeness (QED) is 0.928. The van der Waals surface area contributed by atoms with Crippen LogP contribution in [0.25, 0.3) is 0 Å². The summed E-state index contributed by atoms with van der Waals surface area (Å²) in [7, 11) is 0. The van der Waals surface area contributed by atoms with Gasteiger partial charge in [0.2, 0.25) is 0 Å². The summed E-state index contributed by atoms with van der Waals surface area (Å²) in [6, 6.07) is 7.72. The van der Waals surface area contributed by atoms with Crippen molar-refractivity contribution in [3.63, 3.8) is 0 Å². The van der Waals surface area contributed by atoms with E-state index < -0.39 is 0 Å². The number of aromatic nitrogens is 2. The minimum absolute atomic E-state index is 0.145. The second kappa shape index (κ2) is 7.46. The highest BCUT2D eigenvalue weighted by atomic mass is 19.1. The number of piperidine rings is 1. The fourth-order valence-corrected chi connectivity index (χ4v) is 2.85. The molecule has 0 aliphatic carbocycles. The van der Waals surface area contributed by atoms with Crippen molar-refractivity contribution in [2.45, 2.75) is 32.8 Å². The molecule has 132 valence electrons. The fourth-order valence-electron chi connectivity index (χ4n) is 2.85. The average molecular weight is 344 g/mol. The van der Waals surface area contributed by atoms with E-state index in [1.54, 1.807) is 4.90 Å². The van der Waals surface area contributed by atoms with Gasteiger partial charge in [-0.1, -0.05) is 0 Å². The molecule has 1 aromatic carbocycles. The molecule has 0 radical (unpaired) electrons. The van der Waals surface area contributed by atoms with Crippen LogP contribution in [-0.2, 0) is 0 Å². The minimum atomic E-state index is -0.335. The van der Waals surface area contributed by atoms with Gasteiger partial charge in [-0.25, -0.2) is 19.2 Å². The van der Waals surface area contributed by atoms with Gasteiger partial charge in [-0.2, -0.15) is 0 Å². The Kier molecular flexibility index (Phi) is 5.11. The van der Waals surface area contributed by atoms with Gasteiger partial charge in [-0.05, 0) is 57.0 Å². The largest absolute Gasteiger partial charge is 0.458 e. The first-order valence-electron chi connectivity index (χ1n) is 8.30. The molecule has 2 heterocycles. The summed E-state index contributed by atoms with van der Waals surface area (Å²) in [5.41, 5.74) is 2.26. The van der Waals surface area contributed by atoms with Crippen LogP contribution in [0.1, 0.15) is 24.2 Å². The summed E-state index contributed by atoms with van der Waals surface area (Å²) in [5, 5.41) is 2.78. The normalized spacial score (nSPS) is 17.2. The number of ether oxygens (including phenoxy) is 1. The van der Waals surface area contributed by atoms with Crippen LogP contribution >= 0.6 is 0 Å². The molecule has 1 aliphatic rings. The summed E-state index contributed by atoms with van der Waals surface area (Å²) in [6.07, 6.45) is 1.54. The standard InChI is InChI=1S/C18H21FN4O2/c1-12-10-13(2)21-17(20-12)25-16-4-3-9-23(11-16)18(24)22-15-7-5-14(19)6-8-15/h5-8,10,16H,3-4,9,11H2,1-2H3,(H,22,24)/t16-/m0/s1. The summed E-state index contributed by atoms with van der Waals surface area (Å²) in [6.45, 7) is 4.90. The summed E-state index contributed by atoms with van der Waals surface area (Å²) in [5.74, 6) is -0.335. The number of urea groups is 1. The van der Waals surface area contributed by atoms with Gasteiger partial charge in [-0.15, -0.1) is 0 Å². The van der Waals surface area contributed by atoms with E-state index in [0.29, 0.717) is 24.8 Å². The van der Waals surface area contributed by atoms with Crippen molar-refractivity contribution >= 4 is 11.7 Å². The molecule has 0 bridgehead atoms. The van der Waals surface area contributed by atoms with Crippen molar-refractivity contribution in [2.24, 2.45) is 0 Å². The van der Waals surface area contributed by atoms with Crippen molar-refractivity contribution in [2.75, 3.05) is 18.4 Å². The van der Waals surface area contributed by atoms with Crippen LogP contribution < -0.4 is 10.1 Å². The molecule has 1 aliphatic heterocycles. The van der Waals surface area contributed by atoms with E-state index in [4.69, 9.17) is 4.74 Å². The van der Waals surface area contributed by atoms with Crippen LogP contribution in [0.15, 0.2) is 30.3 Å². The molecule has 7 heteroatoms. The average Bonchev–Trinajstić information content (AvgIpc) is 2.56. The lowest BCUT2D eigenvalue weighted by atomic mass is 10.1. The molecule has 6 nitrogen and oxygen atoms in total. The number of nitrogens with zero attached hydrogens (tertiary/aromatic N) is 3. The third-order valence-corrected chi connectivity index (χ3v) is 3.99. The number of anilines is 1. The number of amides is 2. The SMILES string of the molecule is Cc1cc(C)nc(O[C@H]2CCCN(C(=O)Nc3ccc(F)cc3)C2)n1. The maximum absolute atomic E-state index is 12.9. The monoisotopic (exact) mass is 344 g/mol. The van der Waals surface area contributed by atoms with Gasteiger partial charge in [0, 0.05) is 23.6 Å². The Hall–Kier alpha value is -2.70. The number of carbonyl (C=O) groups excluding carboxylic acids is 1. The number of hydrogen-bond acceptors (Lipinski definition) is 4. The molecule has 1 aromatic heterocycles. The minimum Gasteiger partial charge on any atom is -0.458 e. The van der Waals surface area contributed by atoms with Crippen molar-refractivity contribution in [1.29, 1.82) is 0 Å². The third-order valence-electron chi connectivity index (χ3n) is 3.99. The summed E-state index contributed by atoms with van der Waals surface area (Å²) >= 11 is 0. The van der Waals surface area contributed by atoms with Gasteiger partial charge < -0.3 is 15.0 Å². The van der Waals surface area contributed by atoms with Crippen LogP contribution in [0.4, 0.5) is 14.9 Å². The van der Waals surface area contributed by atoms with Gasteiger partial charge in [0.15, 0.2) is 0 Å². The first-order valence-corrected chi connectivity index (χ1v) is 8.30. The number of halogens is 1. The van der Waals surface area contributed by atoms with Crippen LogP contribution in [0, 0.1) is 19.7 Å². The zero-order valence-electron chi connectivity index (χ0n) is 14.3. The highest BCUT2D eigenvalue weighted by Gasteiger charge is 2.25. The molecule has 25 heavy (non-hydrogen) atoms. The smallest absolute Gasteiger partial charge is 0.321 e. The Labute approximate surface area is 146 Å². The number of carbonyl (C=O) groups is 1. The second-order valence-electron chi connectivity index (χ2n) is 6.20. The topological polar surface area (TPSA) is 67.3 Å². The summed E-state index contributed by atoms with van der Waals surface area (Å²) in [4.78, 5) is 22.7. The van der Waals surface area contributed by atoms with Crippen molar-refractivity contribution in [3.05, 3.63) is 47.5 Å². The molecular weight excluding hydrogens is 323 g/mol. The number of benzene rings is 1.